The van der Waals surface area contributed by atoms with Gasteiger partial charge in [-0.2, -0.15) is 0 Å². The largest absolute Gasteiger partial charge is 0.368 e. The topological polar surface area (TPSA) is 98.1 Å². The summed E-state index contributed by atoms with van der Waals surface area (Å²) in [7, 11) is 0. The van der Waals surface area contributed by atoms with Gasteiger partial charge < -0.3 is 11.5 Å². The molecule has 1 fully saturated rings. The number of likely N-dealkylation sites (tertiary alicyclic amines) is 1. The lowest BCUT2D eigenvalue weighted by Crippen LogP contribution is -2.34. The molecule has 0 aliphatic carbocycles. The first kappa shape index (κ1) is 20.3. The number of nitrogens with two attached hydrogens (primary N) is 2. The molecule has 1 atom stereocenters. The number of anilines is 1. The molecule has 0 radical (unpaired) electrons. The van der Waals surface area contributed by atoms with Crippen molar-refractivity contribution in [3.05, 3.63) is 76.6 Å². The van der Waals surface area contributed by atoms with Crippen LogP contribution in [0.3, 0.4) is 0 Å². The van der Waals surface area contributed by atoms with Gasteiger partial charge in [-0.05, 0) is 54.8 Å². The highest BCUT2D eigenvalue weighted by molar-refractivity contribution is 6.30. The molecule has 0 saturated carbocycles. The van der Waals surface area contributed by atoms with E-state index in [1.807, 2.05) is 24.3 Å². The van der Waals surface area contributed by atoms with E-state index in [0.717, 1.165) is 54.3 Å². The van der Waals surface area contributed by atoms with Crippen LogP contribution in [0.25, 0.3) is 11.1 Å². The zero-order valence-corrected chi connectivity index (χ0v) is 17.3. The molecule has 0 spiro atoms. The molecule has 6 nitrogen and oxygen atoms in total. The highest BCUT2D eigenvalue weighted by Gasteiger charge is 2.25. The lowest BCUT2D eigenvalue weighted by Gasteiger charge is -2.33. The Hall–Kier alpha value is -2.96. The summed E-state index contributed by atoms with van der Waals surface area (Å²) in [5.74, 6) is 0.0833. The number of carbonyl (C=O) groups excluding carboxylic acids is 1. The number of piperidine rings is 1. The number of nitrogens with zero attached hydrogens (tertiary/aromatic N) is 3. The van der Waals surface area contributed by atoms with Crippen LogP contribution in [0.1, 0.15) is 40.4 Å². The summed E-state index contributed by atoms with van der Waals surface area (Å²) in [5, 5.41) is 0.749. The number of rotatable bonds is 5. The Morgan fingerprint density at radius 3 is 2.57 bits per heavy atom. The summed E-state index contributed by atoms with van der Waals surface area (Å²) < 4.78 is 0. The van der Waals surface area contributed by atoms with Gasteiger partial charge in [0.1, 0.15) is 0 Å². The second-order valence-electron chi connectivity index (χ2n) is 7.67. The first-order valence-electron chi connectivity index (χ1n) is 9.99. The van der Waals surface area contributed by atoms with Crippen LogP contribution in [0.4, 0.5) is 5.95 Å². The van der Waals surface area contributed by atoms with Gasteiger partial charge in [0.2, 0.25) is 11.9 Å². The van der Waals surface area contributed by atoms with Gasteiger partial charge in [0.05, 0.1) is 5.69 Å². The summed E-state index contributed by atoms with van der Waals surface area (Å²) in [6, 6.07) is 15.2. The summed E-state index contributed by atoms with van der Waals surface area (Å²) in [6.45, 7) is 2.81. The van der Waals surface area contributed by atoms with Crippen LogP contribution >= 0.6 is 11.6 Å². The van der Waals surface area contributed by atoms with Gasteiger partial charge >= 0.3 is 0 Å². The molecule has 2 aromatic carbocycles. The van der Waals surface area contributed by atoms with Crippen LogP contribution in [0.5, 0.6) is 0 Å². The molecule has 1 amide bonds. The minimum atomic E-state index is -0.444. The second-order valence-corrected chi connectivity index (χ2v) is 8.11. The molecule has 1 aliphatic rings. The molecule has 0 bridgehead atoms. The van der Waals surface area contributed by atoms with Gasteiger partial charge in [0.15, 0.2) is 0 Å². The van der Waals surface area contributed by atoms with Crippen LogP contribution in [0, 0.1) is 0 Å². The molecule has 2 heterocycles. The maximum Gasteiger partial charge on any atom is 0.248 e. The molecule has 30 heavy (non-hydrogen) atoms. The Kier molecular flexibility index (Phi) is 5.97. The van der Waals surface area contributed by atoms with Crippen LogP contribution in [-0.2, 0) is 6.54 Å². The normalized spacial score (nSPS) is 17.0. The molecule has 1 aliphatic heterocycles. The lowest BCUT2D eigenvalue weighted by atomic mass is 9.89. The average molecular weight is 422 g/mol. The molecule has 7 heteroatoms. The lowest BCUT2D eigenvalue weighted by molar-refractivity contribution is 0.100. The monoisotopic (exact) mass is 421 g/mol. The second kappa shape index (κ2) is 8.81. The van der Waals surface area contributed by atoms with Crippen LogP contribution in [0.15, 0.2) is 54.7 Å². The Morgan fingerprint density at radius 1 is 1.13 bits per heavy atom. The fraction of sp³-hybridized carbons (Fsp3) is 0.261. The van der Waals surface area contributed by atoms with Crippen molar-refractivity contribution in [2.24, 2.45) is 5.73 Å². The number of nitrogen functional groups attached to an aromatic ring is 1. The fourth-order valence-electron chi connectivity index (χ4n) is 4.03. The molecule has 3 aromatic rings. The van der Waals surface area contributed by atoms with E-state index in [0.29, 0.717) is 5.56 Å². The first-order valence-corrected chi connectivity index (χ1v) is 10.4. The Balaban J connectivity index is 1.58. The molecule has 154 valence electrons. The highest BCUT2D eigenvalue weighted by atomic mass is 35.5. The van der Waals surface area contributed by atoms with Crippen molar-refractivity contribution in [2.75, 3.05) is 18.8 Å². The fourth-order valence-corrected chi connectivity index (χ4v) is 4.15. The maximum absolute atomic E-state index is 11.4. The van der Waals surface area contributed by atoms with Gasteiger partial charge in [-0.25, -0.2) is 9.97 Å². The average Bonchev–Trinajstić information content (AvgIpc) is 2.76. The van der Waals surface area contributed by atoms with Crippen molar-refractivity contribution in [1.82, 2.24) is 14.9 Å². The zero-order chi connectivity index (χ0) is 21.1. The highest BCUT2D eigenvalue weighted by Crippen LogP contribution is 2.34. The van der Waals surface area contributed by atoms with E-state index in [4.69, 9.17) is 23.1 Å². The number of primary amides is 1. The third-order valence-corrected chi connectivity index (χ3v) is 5.78. The minimum absolute atomic E-state index is 0.252. The van der Waals surface area contributed by atoms with Crippen molar-refractivity contribution >= 4 is 23.5 Å². The molecule has 1 aromatic heterocycles. The van der Waals surface area contributed by atoms with Gasteiger partial charge in [0.25, 0.3) is 0 Å². The molecular formula is C23H24ClN5O. The Bertz CT molecular complexity index is 1040. The van der Waals surface area contributed by atoms with E-state index < -0.39 is 5.91 Å². The van der Waals surface area contributed by atoms with Gasteiger partial charge in [-0.15, -0.1) is 0 Å². The van der Waals surface area contributed by atoms with E-state index in [2.05, 4.69) is 27.0 Å². The molecule has 0 unspecified atom stereocenters. The molecule has 1 saturated heterocycles. The van der Waals surface area contributed by atoms with E-state index in [9.17, 15) is 4.79 Å². The number of amides is 1. The van der Waals surface area contributed by atoms with Crippen LogP contribution < -0.4 is 11.5 Å². The summed E-state index contributed by atoms with van der Waals surface area (Å²) >= 11 is 6.01. The predicted octanol–water partition coefficient (Wildman–Crippen LogP) is 3.86. The molecule has 4 N–H and O–H groups in total. The Morgan fingerprint density at radius 2 is 1.87 bits per heavy atom. The standard InChI is InChI=1S/C23H24ClN5O/c24-19-9-3-15(4-10-19)13-29-11-1-2-18(14-29)21-20(12-27-23(26)28-21)16-5-7-17(8-6-16)22(25)30/h3-10,12,18H,1-2,11,13-14H2,(H2,25,30)(H2,26,27,28)/t18-/m0/s1. The van der Waals surface area contributed by atoms with Crippen LogP contribution in [-0.4, -0.2) is 33.9 Å². The number of halogens is 1. The SMILES string of the molecule is NC(=O)c1ccc(-c2cnc(N)nc2[C@H]2CCCN(Cc3ccc(Cl)cc3)C2)cc1. The van der Waals surface area contributed by atoms with Crippen LogP contribution in [0.2, 0.25) is 5.02 Å². The molecular weight excluding hydrogens is 398 g/mol. The first-order chi connectivity index (χ1) is 14.5. The summed E-state index contributed by atoms with van der Waals surface area (Å²) in [4.78, 5) is 22.6. The zero-order valence-electron chi connectivity index (χ0n) is 16.6. The Labute approximate surface area is 180 Å². The quantitative estimate of drug-likeness (QED) is 0.651. The van der Waals surface area contributed by atoms with Gasteiger partial charge in [-0.3, -0.25) is 9.69 Å². The smallest absolute Gasteiger partial charge is 0.248 e. The predicted molar refractivity (Wildman–Crippen MR) is 119 cm³/mol. The van der Waals surface area contributed by atoms with Crippen molar-refractivity contribution in [3.63, 3.8) is 0 Å². The van der Waals surface area contributed by atoms with E-state index in [1.165, 1.54) is 5.56 Å². The number of hydrogen-bond acceptors (Lipinski definition) is 5. The van der Waals surface area contributed by atoms with Crippen molar-refractivity contribution < 1.29 is 4.79 Å². The molecule has 4 rings (SSSR count). The third kappa shape index (κ3) is 4.61. The number of benzene rings is 2. The maximum atomic E-state index is 11.4. The number of carbonyl (C=O) groups is 1. The number of hydrogen-bond donors (Lipinski definition) is 2. The van der Waals surface area contributed by atoms with Crippen molar-refractivity contribution in [2.45, 2.75) is 25.3 Å². The van der Waals surface area contributed by atoms with E-state index >= 15 is 0 Å². The van der Waals surface area contributed by atoms with E-state index in [1.54, 1.807) is 18.3 Å². The van der Waals surface area contributed by atoms with Gasteiger partial charge in [0, 0.05) is 41.4 Å². The number of aromatic nitrogens is 2. The van der Waals surface area contributed by atoms with Crippen molar-refractivity contribution in [3.8, 4) is 11.1 Å². The third-order valence-electron chi connectivity index (χ3n) is 5.53. The van der Waals surface area contributed by atoms with Gasteiger partial charge in [-0.1, -0.05) is 35.9 Å². The van der Waals surface area contributed by atoms with E-state index in [-0.39, 0.29) is 11.9 Å². The van der Waals surface area contributed by atoms with Crippen molar-refractivity contribution in [1.29, 1.82) is 0 Å². The summed E-state index contributed by atoms with van der Waals surface area (Å²) in [5.41, 5.74) is 15.9. The summed E-state index contributed by atoms with van der Waals surface area (Å²) in [6.07, 6.45) is 3.90. The minimum Gasteiger partial charge on any atom is -0.368 e.